The molecule has 46 valence electrons. The van der Waals surface area contributed by atoms with Crippen LogP contribution in [-0.4, -0.2) is 12.2 Å². The van der Waals surface area contributed by atoms with E-state index < -0.39 is 6.17 Å². The van der Waals surface area contributed by atoms with Crippen LogP contribution in [0.25, 0.3) is 0 Å². The lowest BCUT2D eigenvalue weighted by Crippen LogP contribution is -2.21. The smallest absolute Gasteiger partial charge is 0.118 e. The molecule has 0 fully saturated rings. The van der Waals surface area contributed by atoms with Crippen molar-refractivity contribution in [1.29, 1.82) is 0 Å². The van der Waals surface area contributed by atoms with Crippen LogP contribution >= 0.6 is 0 Å². The van der Waals surface area contributed by atoms with Crippen LogP contribution < -0.4 is 5.73 Å². The number of rotatable bonds is 0. The van der Waals surface area contributed by atoms with Crippen LogP contribution in [0.15, 0.2) is 12.2 Å². The fourth-order valence-electron chi connectivity index (χ4n) is 0.807. The Hall–Kier alpha value is -0.370. The highest BCUT2D eigenvalue weighted by atomic mass is 19.1. The Labute approximate surface area is 48.4 Å². The minimum atomic E-state index is -0.741. The zero-order valence-electron chi connectivity index (χ0n) is 4.68. The van der Waals surface area contributed by atoms with E-state index in [0.717, 1.165) is 6.42 Å². The quantitative estimate of drug-likeness (QED) is 0.468. The highest BCUT2D eigenvalue weighted by Gasteiger charge is 2.09. The molecule has 0 aromatic carbocycles. The second-order valence-corrected chi connectivity index (χ2v) is 2.14. The van der Waals surface area contributed by atoms with Gasteiger partial charge in [0.25, 0.3) is 0 Å². The van der Waals surface area contributed by atoms with Crippen molar-refractivity contribution in [2.24, 2.45) is 5.73 Å². The third-order valence-corrected chi connectivity index (χ3v) is 1.34. The molecule has 0 amide bonds. The minimum Gasteiger partial charge on any atom is -0.324 e. The van der Waals surface area contributed by atoms with Crippen molar-refractivity contribution < 1.29 is 4.39 Å². The summed E-state index contributed by atoms with van der Waals surface area (Å²) in [5.74, 6) is 0. The first-order chi connectivity index (χ1) is 3.79. The summed E-state index contributed by atoms with van der Waals surface area (Å²) in [5, 5.41) is 0. The Morgan fingerprint density at radius 2 is 2.12 bits per heavy atom. The van der Waals surface area contributed by atoms with Gasteiger partial charge in [-0.05, 0) is 12.8 Å². The predicted octanol–water partition coefficient (Wildman–Crippen LogP) is 1.00. The average molecular weight is 115 g/mol. The second-order valence-electron chi connectivity index (χ2n) is 2.14. The molecular formula is C6H10FN. The van der Waals surface area contributed by atoms with Crippen molar-refractivity contribution in [3.05, 3.63) is 12.2 Å². The molecule has 1 nitrogen and oxygen atoms in total. The van der Waals surface area contributed by atoms with E-state index in [0.29, 0.717) is 6.42 Å². The van der Waals surface area contributed by atoms with Gasteiger partial charge in [-0.3, -0.25) is 0 Å². The third kappa shape index (κ3) is 1.30. The number of hydrogen-bond donors (Lipinski definition) is 1. The lowest BCUT2D eigenvalue weighted by atomic mass is 10.0. The molecule has 2 heteroatoms. The largest absolute Gasteiger partial charge is 0.324 e. The summed E-state index contributed by atoms with van der Waals surface area (Å²) in [6.07, 6.45) is 3.91. The van der Waals surface area contributed by atoms with Gasteiger partial charge in [0.05, 0.1) is 0 Å². The fraction of sp³-hybridized carbons (Fsp3) is 0.667. The molecule has 0 aromatic rings. The predicted molar refractivity (Wildman–Crippen MR) is 31.2 cm³/mol. The first-order valence-electron chi connectivity index (χ1n) is 2.87. The van der Waals surface area contributed by atoms with Crippen LogP contribution in [0.4, 0.5) is 4.39 Å². The van der Waals surface area contributed by atoms with Gasteiger partial charge in [0.2, 0.25) is 0 Å². The molecule has 1 rings (SSSR count). The number of alkyl halides is 1. The standard InChI is InChI=1S/C6H10FN/c7-5-1-3-6(8)4-2-5/h1,3,5-6H,2,4,8H2/t5-,6?/m1/s1. The Balaban J connectivity index is 2.42. The Kier molecular flexibility index (Phi) is 1.63. The zero-order chi connectivity index (χ0) is 5.98. The van der Waals surface area contributed by atoms with Gasteiger partial charge in [0, 0.05) is 6.04 Å². The van der Waals surface area contributed by atoms with Crippen LogP contribution in [0, 0.1) is 0 Å². The van der Waals surface area contributed by atoms with E-state index in [2.05, 4.69) is 0 Å². The fourth-order valence-corrected chi connectivity index (χ4v) is 0.807. The van der Waals surface area contributed by atoms with Crippen LogP contribution in [0.3, 0.4) is 0 Å². The summed E-state index contributed by atoms with van der Waals surface area (Å²) in [5.41, 5.74) is 5.44. The van der Waals surface area contributed by atoms with Gasteiger partial charge >= 0.3 is 0 Å². The molecule has 1 aliphatic carbocycles. The Bertz CT molecular complexity index is 88.7. The highest BCUT2D eigenvalue weighted by Crippen LogP contribution is 2.11. The molecular weight excluding hydrogens is 105 g/mol. The van der Waals surface area contributed by atoms with Gasteiger partial charge in [0.1, 0.15) is 6.17 Å². The minimum absolute atomic E-state index is 0.0991. The van der Waals surface area contributed by atoms with E-state index in [1.54, 1.807) is 6.08 Å². The van der Waals surface area contributed by atoms with Gasteiger partial charge in [-0.1, -0.05) is 12.2 Å². The third-order valence-electron chi connectivity index (χ3n) is 1.34. The van der Waals surface area contributed by atoms with Crippen LogP contribution in [0.1, 0.15) is 12.8 Å². The molecule has 0 aliphatic heterocycles. The summed E-state index contributed by atoms with van der Waals surface area (Å²) in [7, 11) is 0. The normalized spacial score (nSPS) is 37.8. The molecule has 0 heterocycles. The molecule has 0 saturated heterocycles. The molecule has 0 radical (unpaired) electrons. The lowest BCUT2D eigenvalue weighted by molar-refractivity contribution is 0.352. The van der Waals surface area contributed by atoms with Crippen molar-refractivity contribution in [3.8, 4) is 0 Å². The Morgan fingerprint density at radius 1 is 1.38 bits per heavy atom. The molecule has 8 heavy (non-hydrogen) atoms. The van der Waals surface area contributed by atoms with Gasteiger partial charge in [-0.2, -0.15) is 0 Å². The summed E-state index contributed by atoms with van der Waals surface area (Å²) in [4.78, 5) is 0. The van der Waals surface area contributed by atoms with Gasteiger partial charge in [-0.25, -0.2) is 4.39 Å². The molecule has 0 spiro atoms. The summed E-state index contributed by atoms with van der Waals surface area (Å²) in [6.45, 7) is 0. The summed E-state index contributed by atoms with van der Waals surface area (Å²) < 4.78 is 12.2. The van der Waals surface area contributed by atoms with Crippen LogP contribution in [-0.2, 0) is 0 Å². The van der Waals surface area contributed by atoms with Crippen LogP contribution in [0.2, 0.25) is 0 Å². The zero-order valence-corrected chi connectivity index (χ0v) is 4.68. The van der Waals surface area contributed by atoms with Gasteiger partial charge in [-0.15, -0.1) is 0 Å². The van der Waals surface area contributed by atoms with E-state index in [1.807, 2.05) is 0 Å². The molecule has 1 aliphatic rings. The van der Waals surface area contributed by atoms with E-state index in [4.69, 9.17) is 5.73 Å². The van der Waals surface area contributed by atoms with Crippen molar-refractivity contribution >= 4 is 0 Å². The highest BCUT2D eigenvalue weighted by molar-refractivity contribution is 5.00. The van der Waals surface area contributed by atoms with Crippen LogP contribution in [0.5, 0.6) is 0 Å². The Morgan fingerprint density at radius 3 is 2.50 bits per heavy atom. The topological polar surface area (TPSA) is 26.0 Å². The lowest BCUT2D eigenvalue weighted by Gasteiger charge is -2.12. The molecule has 0 bridgehead atoms. The average Bonchev–Trinajstić information content (AvgIpc) is 1.77. The SMILES string of the molecule is NC1C=C[C@@H](F)CC1. The molecule has 1 unspecified atom stereocenters. The number of allylic oxidation sites excluding steroid dienone is 1. The van der Waals surface area contributed by atoms with Gasteiger partial charge < -0.3 is 5.73 Å². The van der Waals surface area contributed by atoms with Gasteiger partial charge in [0.15, 0.2) is 0 Å². The monoisotopic (exact) mass is 115 g/mol. The van der Waals surface area contributed by atoms with E-state index in [-0.39, 0.29) is 6.04 Å². The van der Waals surface area contributed by atoms with Crippen molar-refractivity contribution in [2.75, 3.05) is 0 Å². The maximum Gasteiger partial charge on any atom is 0.118 e. The number of hydrogen-bond acceptors (Lipinski definition) is 1. The summed E-state index contributed by atoms with van der Waals surface area (Å²) >= 11 is 0. The molecule has 2 N–H and O–H groups in total. The molecule has 2 atom stereocenters. The van der Waals surface area contributed by atoms with Crippen molar-refractivity contribution in [2.45, 2.75) is 25.1 Å². The molecule has 0 aromatic heterocycles. The number of halogens is 1. The molecule has 0 saturated carbocycles. The van der Waals surface area contributed by atoms with Crippen molar-refractivity contribution in [3.63, 3.8) is 0 Å². The first-order valence-corrected chi connectivity index (χ1v) is 2.87. The number of nitrogens with two attached hydrogens (primary N) is 1. The maximum absolute atomic E-state index is 12.2. The summed E-state index contributed by atoms with van der Waals surface area (Å²) in [6, 6.07) is 0.0991. The van der Waals surface area contributed by atoms with E-state index in [1.165, 1.54) is 6.08 Å². The second kappa shape index (κ2) is 2.27. The van der Waals surface area contributed by atoms with E-state index >= 15 is 0 Å². The first kappa shape index (κ1) is 5.76. The maximum atomic E-state index is 12.2. The van der Waals surface area contributed by atoms with Crippen molar-refractivity contribution in [1.82, 2.24) is 0 Å². The van der Waals surface area contributed by atoms with E-state index in [9.17, 15) is 4.39 Å².